The Morgan fingerprint density at radius 3 is 2.43 bits per heavy atom. The number of nitrogens with zero attached hydrogens (tertiary/aromatic N) is 2. The van der Waals surface area contributed by atoms with E-state index < -0.39 is 0 Å². The first-order valence-corrected chi connectivity index (χ1v) is 5.22. The van der Waals surface area contributed by atoms with Gasteiger partial charge in [0.15, 0.2) is 0 Å². The van der Waals surface area contributed by atoms with Gasteiger partial charge in [-0.15, -0.1) is 0 Å². The van der Waals surface area contributed by atoms with Crippen LogP contribution >= 0.6 is 11.6 Å². The molecule has 0 saturated carbocycles. The van der Waals surface area contributed by atoms with Crippen molar-refractivity contribution < 1.29 is 0 Å². The highest BCUT2D eigenvalue weighted by Crippen LogP contribution is 2.23. The molecule has 0 aromatic carbocycles. The zero-order valence-corrected chi connectivity index (χ0v) is 10.0. The Balaban J connectivity index is 3.03. The maximum Gasteiger partial charge on any atom is 0.0850 e. The average Bonchev–Trinajstić information content (AvgIpc) is 2.29. The van der Waals surface area contributed by atoms with Crippen LogP contribution in [0.3, 0.4) is 0 Å². The summed E-state index contributed by atoms with van der Waals surface area (Å²) >= 11 is 6.20. The summed E-state index contributed by atoms with van der Waals surface area (Å²) in [7, 11) is 1.91. The number of halogens is 1. The summed E-state index contributed by atoms with van der Waals surface area (Å²) in [5, 5.41) is 5.11. The first-order chi connectivity index (χ1) is 6.35. The summed E-state index contributed by atoms with van der Waals surface area (Å²) in [6, 6.07) is 0. The molecule has 0 saturated heterocycles. The van der Waals surface area contributed by atoms with Gasteiger partial charge in [0, 0.05) is 19.0 Å². The van der Waals surface area contributed by atoms with Crippen molar-refractivity contribution in [3.05, 3.63) is 16.4 Å². The van der Waals surface area contributed by atoms with Gasteiger partial charge in [-0.1, -0.05) is 18.5 Å². The topological polar surface area (TPSA) is 43.8 Å². The Kier molecular flexibility index (Phi) is 3.22. The van der Waals surface area contributed by atoms with E-state index in [0.717, 1.165) is 29.3 Å². The van der Waals surface area contributed by atoms with Crippen molar-refractivity contribution in [2.45, 2.75) is 39.2 Å². The fourth-order valence-electron chi connectivity index (χ4n) is 1.44. The maximum absolute atomic E-state index is 6.20. The predicted molar refractivity (Wildman–Crippen MR) is 59.6 cm³/mol. The second-order valence-corrected chi connectivity index (χ2v) is 4.73. The first kappa shape index (κ1) is 11.5. The lowest BCUT2D eigenvalue weighted by Crippen LogP contribution is -2.35. The van der Waals surface area contributed by atoms with Gasteiger partial charge in [0.05, 0.1) is 16.4 Å². The first-order valence-electron chi connectivity index (χ1n) is 4.84. The van der Waals surface area contributed by atoms with E-state index in [9.17, 15) is 0 Å². The van der Waals surface area contributed by atoms with E-state index in [4.69, 9.17) is 17.3 Å². The van der Waals surface area contributed by atoms with Crippen LogP contribution < -0.4 is 5.73 Å². The summed E-state index contributed by atoms with van der Waals surface area (Å²) < 4.78 is 1.83. The molecule has 14 heavy (non-hydrogen) atoms. The molecule has 0 atom stereocenters. The van der Waals surface area contributed by atoms with E-state index >= 15 is 0 Å². The molecule has 3 nitrogen and oxygen atoms in total. The monoisotopic (exact) mass is 215 g/mol. The third-order valence-corrected chi connectivity index (χ3v) is 2.56. The van der Waals surface area contributed by atoms with Crippen LogP contribution in [0.2, 0.25) is 5.02 Å². The molecule has 1 aromatic heterocycles. The lowest BCUT2D eigenvalue weighted by molar-refractivity contribution is 0.495. The normalized spacial score (nSPS) is 12.1. The molecule has 1 aromatic rings. The quantitative estimate of drug-likeness (QED) is 0.837. The van der Waals surface area contributed by atoms with E-state index in [1.165, 1.54) is 0 Å². The third kappa shape index (κ3) is 2.49. The number of aromatic nitrogens is 2. The Bertz CT molecular complexity index is 323. The van der Waals surface area contributed by atoms with Gasteiger partial charge in [-0.2, -0.15) is 5.10 Å². The molecule has 80 valence electrons. The molecule has 4 heteroatoms. The van der Waals surface area contributed by atoms with Gasteiger partial charge in [-0.3, -0.25) is 4.68 Å². The summed E-state index contributed by atoms with van der Waals surface area (Å²) in [6.45, 7) is 6.02. The van der Waals surface area contributed by atoms with Gasteiger partial charge in [0.2, 0.25) is 0 Å². The maximum atomic E-state index is 6.20. The highest BCUT2D eigenvalue weighted by molar-refractivity contribution is 6.31. The van der Waals surface area contributed by atoms with Crippen LogP contribution in [0.5, 0.6) is 0 Å². The molecule has 0 amide bonds. The summed E-state index contributed by atoms with van der Waals surface area (Å²) in [6.07, 6.45) is 1.60. The fourth-order valence-corrected chi connectivity index (χ4v) is 1.80. The Hall–Kier alpha value is -0.540. The Labute approximate surface area is 90.2 Å². The van der Waals surface area contributed by atoms with Gasteiger partial charge in [-0.25, -0.2) is 0 Å². The summed E-state index contributed by atoms with van der Waals surface area (Å²) in [5.41, 5.74) is 7.68. The molecule has 0 aliphatic heterocycles. The number of rotatable bonds is 3. The lowest BCUT2D eigenvalue weighted by Gasteiger charge is -2.18. The number of hydrogen-bond donors (Lipinski definition) is 1. The van der Waals surface area contributed by atoms with Crippen molar-refractivity contribution in [1.29, 1.82) is 0 Å². The second kappa shape index (κ2) is 3.91. The van der Waals surface area contributed by atoms with Crippen molar-refractivity contribution in [3.8, 4) is 0 Å². The third-order valence-electron chi connectivity index (χ3n) is 2.13. The zero-order chi connectivity index (χ0) is 10.9. The minimum atomic E-state index is -0.248. The van der Waals surface area contributed by atoms with Crippen molar-refractivity contribution in [1.82, 2.24) is 9.78 Å². The molecule has 0 bridgehead atoms. The van der Waals surface area contributed by atoms with Crippen LogP contribution in [0, 0.1) is 0 Å². The fraction of sp³-hybridized carbons (Fsp3) is 0.700. The standard InChI is InChI=1S/C10H18ClN3/c1-5-7-9(11)8(14(4)13-7)6-10(2,3)12/h5-6,12H2,1-4H3. The van der Waals surface area contributed by atoms with E-state index in [-0.39, 0.29) is 5.54 Å². The molecular formula is C10H18ClN3. The van der Waals surface area contributed by atoms with Gasteiger partial charge in [0.1, 0.15) is 0 Å². The zero-order valence-electron chi connectivity index (χ0n) is 9.26. The molecule has 1 rings (SSSR count). The van der Waals surface area contributed by atoms with E-state index in [1.54, 1.807) is 0 Å². The Morgan fingerprint density at radius 1 is 1.50 bits per heavy atom. The second-order valence-electron chi connectivity index (χ2n) is 4.35. The van der Waals surface area contributed by atoms with E-state index in [1.807, 2.05) is 32.5 Å². The van der Waals surface area contributed by atoms with Crippen molar-refractivity contribution >= 4 is 11.6 Å². The molecule has 1 heterocycles. The van der Waals surface area contributed by atoms with Gasteiger partial charge in [0.25, 0.3) is 0 Å². The van der Waals surface area contributed by atoms with Gasteiger partial charge in [-0.05, 0) is 20.3 Å². The van der Waals surface area contributed by atoms with Crippen molar-refractivity contribution in [2.75, 3.05) is 0 Å². The van der Waals surface area contributed by atoms with Crippen LogP contribution in [0.4, 0.5) is 0 Å². The number of aryl methyl sites for hydroxylation is 2. The largest absolute Gasteiger partial charge is 0.325 e. The number of nitrogens with two attached hydrogens (primary N) is 1. The highest BCUT2D eigenvalue weighted by Gasteiger charge is 2.19. The molecule has 0 aliphatic rings. The highest BCUT2D eigenvalue weighted by atomic mass is 35.5. The van der Waals surface area contributed by atoms with Crippen LogP contribution in [-0.2, 0) is 19.9 Å². The SMILES string of the molecule is CCc1nn(C)c(CC(C)(C)N)c1Cl. The summed E-state index contributed by atoms with van der Waals surface area (Å²) in [4.78, 5) is 0. The van der Waals surface area contributed by atoms with E-state index in [0.29, 0.717) is 0 Å². The van der Waals surface area contributed by atoms with Crippen molar-refractivity contribution in [2.24, 2.45) is 12.8 Å². The van der Waals surface area contributed by atoms with E-state index in [2.05, 4.69) is 5.10 Å². The average molecular weight is 216 g/mol. The molecule has 0 unspecified atom stereocenters. The molecule has 2 N–H and O–H groups in total. The van der Waals surface area contributed by atoms with Crippen molar-refractivity contribution in [3.63, 3.8) is 0 Å². The van der Waals surface area contributed by atoms with Crippen LogP contribution in [0.15, 0.2) is 0 Å². The molecule has 0 spiro atoms. The van der Waals surface area contributed by atoms with Crippen LogP contribution in [0.1, 0.15) is 32.2 Å². The lowest BCUT2D eigenvalue weighted by atomic mass is 10.00. The van der Waals surface area contributed by atoms with Gasteiger partial charge >= 0.3 is 0 Å². The minimum absolute atomic E-state index is 0.248. The van der Waals surface area contributed by atoms with Crippen LogP contribution in [0.25, 0.3) is 0 Å². The minimum Gasteiger partial charge on any atom is -0.325 e. The summed E-state index contributed by atoms with van der Waals surface area (Å²) in [5.74, 6) is 0. The molecule has 0 fully saturated rings. The molecule has 0 aliphatic carbocycles. The van der Waals surface area contributed by atoms with Gasteiger partial charge < -0.3 is 5.73 Å². The van der Waals surface area contributed by atoms with Crippen LogP contribution in [-0.4, -0.2) is 15.3 Å². The molecule has 0 radical (unpaired) electrons. The predicted octanol–water partition coefficient (Wildman–Crippen LogP) is 1.92. The Morgan fingerprint density at radius 2 is 2.07 bits per heavy atom. The smallest absolute Gasteiger partial charge is 0.0850 e. The molecular weight excluding hydrogens is 198 g/mol. The number of hydrogen-bond acceptors (Lipinski definition) is 2.